The van der Waals surface area contributed by atoms with Gasteiger partial charge in [0.05, 0.1) is 0 Å². The molecule has 0 spiro atoms. The lowest BCUT2D eigenvalue weighted by atomic mass is 9.88. The van der Waals surface area contributed by atoms with Gasteiger partial charge < -0.3 is 10.6 Å². The van der Waals surface area contributed by atoms with Crippen LogP contribution in [-0.2, 0) is 11.3 Å². The number of carbonyl (C=O) groups excluding carboxylic acids is 1. The van der Waals surface area contributed by atoms with Crippen molar-refractivity contribution in [2.75, 3.05) is 13.1 Å². The maximum absolute atomic E-state index is 12.4. The van der Waals surface area contributed by atoms with E-state index in [1.54, 1.807) is 6.08 Å². The second-order valence-electron chi connectivity index (χ2n) is 6.79. The number of piperidine rings is 1. The van der Waals surface area contributed by atoms with Gasteiger partial charge in [-0.3, -0.25) is 4.79 Å². The summed E-state index contributed by atoms with van der Waals surface area (Å²) in [5.74, 6) is 0.631. The number of amides is 1. The number of nitrogens with two attached hydrogens (primary N) is 1. The molecule has 3 heteroatoms. The van der Waals surface area contributed by atoms with Crippen molar-refractivity contribution >= 4 is 12.0 Å². The Labute approximate surface area is 150 Å². The Morgan fingerprint density at radius 3 is 2.56 bits per heavy atom. The minimum absolute atomic E-state index is 0.106. The quantitative estimate of drug-likeness (QED) is 0.863. The van der Waals surface area contributed by atoms with Crippen LogP contribution < -0.4 is 5.73 Å². The number of aryl methyl sites for hydroxylation is 1. The Morgan fingerprint density at radius 2 is 1.88 bits per heavy atom. The van der Waals surface area contributed by atoms with Gasteiger partial charge in [0.1, 0.15) is 0 Å². The third-order valence-electron chi connectivity index (χ3n) is 4.96. The Kier molecular flexibility index (Phi) is 5.67. The molecule has 2 N–H and O–H groups in total. The van der Waals surface area contributed by atoms with E-state index in [0.29, 0.717) is 12.5 Å². The highest BCUT2D eigenvalue weighted by molar-refractivity contribution is 5.91. The number of likely N-dealkylation sites (tertiary alicyclic amines) is 1. The molecular formula is C22H26N2O. The lowest BCUT2D eigenvalue weighted by molar-refractivity contribution is -0.126. The molecule has 3 rings (SSSR count). The van der Waals surface area contributed by atoms with E-state index in [-0.39, 0.29) is 5.91 Å². The monoisotopic (exact) mass is 334 g/mol. The Morgan fingerprint density at radius 1 is 1.16 bits per heavy atom. The fourth-order valence-electron chi connectivity index (χ4n) is 3.36. The lowest BCUT2D eigenvalue weighted by Crippen LogP contribution is -2.36. The zero-order valence-electron chi connectivity index (χ0n) is 14.8. The van der Waals surface area contributed by atoms with Gasteiger partial charge in [-0.25, -0.2) is 0 Å². The molecule has 130 valence electrons. The van der Waals surface area contributed by atoms with E-state index in [1.165, 1.54) is 16.7 Å². The van der Waals surface area contributed by atoms with Crippen molar-refractivity contribution in [2.24, 2.45) is 5.73 Å². The van der Waals surface area contributed by atoms with Gasteiger partial charge in [0.2, 0.25) is 5.91 Å². The minimum atomic E-state index is 0.106. The molecule has 25 heavy (non-hydrogen) atoms. The van der Waals surface area contributed by atoms with Crippen LogP contribution in [0, 0.1) is 6.92 Å². The zero-order valence-corrected chi connectivity index (χ0v) is 14.8. The standard InChI is InChI=1S/C22H26N2O/c1-17-5-7-18(8-6-17)9-10-22(25)24-13-11-20(12-14-24)21-4-2-3-19(15-21)16-23/h2-10,15,20H,11-14,16,23H2,1H3/b10-9+. The Hall–Kier alpha value is -2.39. The average molecular weight is 334 g/mol. The zero-order chi connectivity index (χ0) is 17.6. The van der Waals surface area contributed by atoms with Crippen molar-refractivity contribution in [1.82, 2.24) is 4.90 Å². The summed E-state index contributed by atoms with van der Waals surface area (Å²) in [6, 6.07) is 16.7. The van der Waals surface area contributed by atoms with Gasteiger partial charge in [0.25, 0.3) is 0 Å². The first-order valence-corrected chi connectivity index (χ1v) is 8.98. The van der Waals surface area contributed by atoms with Crippen LogP contribution in [0.1, 0.15) is 41.0 Å². The summed E-state index contributed by atoms with van der Waals surface area (Å²) in [5, 5.41) is 0. The number of carbonyl (C=O) groups is 1. The summed E-state index contributed by atoms with van der Waals surface area (Å²) in [6.07, 6.45) is 5.62. The van der Waals surface area contributed by atoms with Gasteiger partial charge >= 0.3 is 0 Å². The van der Waals surface area contributed by atoms with Crippen molar-refractivity contribution in [3.8, 4) is 0 Å². The third kappa shape index (κ3) is 4.58. The summed E-state index contributed by atoms with van der Waals surface area (Å²) >= 11 is 0. The second kappa shape index (κ2) is 8.13. The smallest absolute Gasteiger partial charge is 0.246 e. The fraction of sp³-hybridized carbons (Fsp3) is 0.318. The molecule has 1 fully saturated rings. The van der Waals surface area contributed by atoms with Crippen LogP contribution in [0.5, 0.6) is 0 Å². The molecule has 0 radical (unpaired) electrons. The maximum Gasteiger partial charge on any atom is 0.246 e. The van der Waals surface area contributed by atoms with Crippen LogP contribution in [0.3, 0.4) is 0 Å². The van der Waals surface area contributed by atoms with Crippen LogP contribution in [0.2, 0.25) is 0 Å². The fourth-order valence-corrected chi connectivity index (χ4v) is 3.36. The SMILES string of the molecule is Cc1ccc(/C=C/C(=O)N2CCC(c3cccc(CN)c3)CC2)cc1. The molecule has 2 aromatic carbocycles. The van der Waals surface area contributed by atoms with Crippen molar-refractivity contribution in [2.45, 2.75) is 32.2 Å². The minimum Gasteiger partial charge on any atom is -0.339 e. The molecule has 0 saturated carbocycles. The predicted octanol–water partition coefficient (Wildman–Crippen LogP) is 3.87. The molecule has 1 saturated heterocycles. The number of hydrogen-bond acceptors (Lipinski definition) is 2. The van der Waals surface area contributed by atoms with Gasteiger partial charge in [-0.1, -0.05) is 54.1 Å². The first-order valence-electron chi connectivity index (χ1n) is 8.98. The summed E-state index contributed by atoms with van der Waals surface area (Å²) in [6.45, 7) is 4.27. The first-order chi connectivity index (χ1) is 12.2. The highest BCUT2D eigenvalue weighted by Gasteiger charge is 2.22. The Bertz CT molecular complexity index is 741. The molecule has 1 amide bonds. The number of rotatable bonds is 4. The molecular weight excluding hydrogens is 308 g/mol. The molecule has 3 nitrogen and oxygen atoms in total. The highest BCUT2D eigenvalue weighted by atomic mass is 16.2. The normalized spacial score (nSPS) is 15.7. The van der Waals surface area contributed by atoms with Crippen LogP contribution in [-0.4, -0.2) is 23.9 Å². The van der Waals surface area contributed by atoms with Gasteiger partial charge in [-0.05, 0) is 48.4 Å². The molecule has 0 aliphatic carbocycles. The van der Waals surface area contributed by atoms with E-state index in [4.69, 9.17) is 5.73 Å². The van der Waals surface area contributed by atoms with Gasteiger partial charge in [-0.15, -0.1) is 0 Å². The molecule has 1 aliphatic heterocycles. The van der Waals surface area contributed by atoms with Crippen LogP contribution in [0.25, 0.3) is 6.08 Å². The molecule has 1 aliphatic rings. The summed E-state index contributed by atoms with van der Waals surface area (Å²) in [5.41, 5.74) is 10.6. The average Bonchev–Trinajstić information content (AvgIpc) is 2.67. The van der Waals surface area contributed by atoms with Crippen molar-refractivity contribution in [1.29, 1.82) is 0 Å². The second-order valence-corrected chi connectivity index (χ2v) is 6.79. The molecule has 1 heterocycles. The van der Waals surface area contributed by atoms with E-state index in [0.717, 1.165) is 31.5 Å². The summed E-state index contributed by atoms with van der Waals surface area (Å²) in [7, 11) is 0. The van der Waals surface area contributed by atoms with Gasteiger partial charge in [0, 0.05) is 25.7 Å². The van der Waals surface area contributed by atoms with Crippen LogP contribution >= 0.6 is 0 Å². The topological polar surface area (TPSA) is 46.3 Å². The molecule has 0 bridgehead atoms. The van der Waals surface area contributed by atoms with E-state index >= 15 is 0 Å². The highest BCUT2D eigenvalue weighted by Crippen LogP contribution is 2.28. The third-order valence-corrected chi connectivity index (χ3v) is 4.96. The van der Waals surface area contributed by atoms with Crippen molar-refractivity contribution in [3.05, 3.63) is 76.9 Å². The summed E-state index contributed by atoms with van der Waals surface area (Å²) in [4.78, 5) is 14.4. The van der Waals surface area contributed by atoms with E-state index < -0.39 is 0 Å². The molecule has 0 atom stereocenters. The van der Waals surface area contributed by atoms with Crippen LogP contribution in [0.15, 0.2) is 54.6 Å². The number of hydrogen-bond donors (Lipinski definition) is 1. The predicted molar refractivity (Wildman–Crippen MR) is 103 cm³/mol. The van der Waals surface area contributed by atoms with Crippen LogP contribution in [0.4, 0.5) is 0 Å². The molecule has 0 unspecified atom stereocenters. The largest absolute Gasteiger partial charge is 0.339 e. The molecule has 2 aromatic rings. The van der Waals surface area contributed by atoms with E-state index in [9.17, 15) is 4.79 Å². The van der Waals surface area contributed by atoms with Crippen molar-refractivity contribution in [3.63, 3.8) is 0 Å². The maximum atomic E-state index is 12.4. The Balaban J connectivity index is 1.56. The van der Waals surface area contributed by atoms with Gasteiger partial charge in [0.15, 0.2) is 0 Å². The van der Waals surface area contributed by atoms with Gasteiger partial charge in [-0.2, -0.15) is 0 Å². The van der Waals surface area contributed by atoms with Crippen molar-refractivity contribution < 1.29 is 4.79 Å². The molecule has 0 aromatic heterocycles. The van der Waals surface area contributed by atoms with E-state index in [2.05, 4.69) is 43.3 Å². The first kappa shape index (κ1) is 17.4. The lowest BCUT2D eigenvalue weighted by Gasteiger charge is -2.31. The summed E-state index contributed by atoms with van der Waals surface area (Å²) < 4.78 is 0. The number of nitrogens with zero attached hydrogens (tertiary/aromatic N) is 1. The number of benzene rings is 2. The van der Waals surface area contributed by atoms with E-state index in [1.807, 2.05) is 23.1 Å².